The number of esters is 1. The molecule has 1 aliphatic rings. The van der Waals surface area contributed by atoms with Gasteiger partial charge in [0.2, 0.25) is 0 Å². The zero-order valence-electron chi connectivity index (χ0n) is 12.8. The minimum Gasteiger partial charge on any atom is -0.465 e. The zero-order valence-corrected chi connectivity index (χ0v) is 12.8. The fraction of sp³-hybridized carbons (Fsp3) is 0.692. The lowest BCUT2D eigenvalue weighted by Gasteiger charge is -2.37. The van der Waals surface area contributed by atoms with Crippen LogP contribution in [0.15, 0.2) is 14.4 Å². The molecule has 1 fully saturated rings. The minimum atomic E-state index is -0.750. The molecular formula is C13H19N3O6. The van der Waals surface area contributed by atoms with Crippen LogP contribution in [0, 0.1) is 5.41 Å². The maximum absolute atomic E-state index is 11.9. The Balaban J connectivity index is 2.03. The number of ether oxygens (including phenoxy) is 2. The maximum atomic E-state index is 11.9. The van der Waals surface area contributed by atoms with Gasteiger partial charge in [0.1, 0.15) is 6.61 Å². The molecule has 0 unspecified atom stereocenters. The summed E-state index contributed by atoms with van der Waals surface area (Å²) in [5, 5.41) is 0. The van der Waals surface area contributed by atoms with E-state index in [-0.39, 0.29) is 25.0 Å². The molecule has 0 radical (unpaired) electrons. The van der Waals surface area contributed by atoms with Gasteiger partial charge in [0.25, 0.3) is 0 Å². The summed E-state index contributed by atoms with van der Waals surface area (Å²) in [6.45, 7) is 3.14. The van der Waals surface area contributed by atoms with Crippen molar-refractivity contribution >= 4 is 5.97 Å². The first-order valence-electron chi connectivity index (χ1n) is 6.85. The van der Waals surface area contributed by atoms with Crippen LogP contribution in [0.2, 0.25) is 0 Å². The highest BCUT2D eigenvalue weighted by atomic mass is 16.5. The minimum absolute atomic E-state index is 0.121. The molecule has 1 aromatic heterocycles. The summed E-state index contributed by atoms with van der Waals surface area (Å²) in [5.74, 6) is -0.504. The van der Waals surface area contributed by atoms with Gasteiger partial charge in [-0.15, -0.1) is 0 Å². The van der Waals surface area contributed by atoms with Crippen LogP contribution >= 0.6 is 0 Å². The number of hydrogen-bond donors (Lipinski definition) is 0. The van der Waals surface area contributed by atoms with E-state index in [1.54, 1.807) is 0 Å². The standard InChI is InChI=1S/C13H19N3O6/c1-13(6-21-7-13)8-22-9(17)4-5-16-11(19)14(2)10(18)15(3)12(16)20/h4-8H2,1-3H3. The van der Waals surface area contributed by atoms with Crippen LogP contribution in [-0.2, 0) is 34.9 Å². The van der Waals surface area contributed by atoms with E-state index in [1.165, 1.54) is 14.1 Å². The molecule has 122 valence electrons. The molecule has 9 nitrogen and oxygen atoms in total. The summed E-state index contributed by atoms with van der Waals surface area (Å²) >= 11 is 0. The first-order valence-corrected chi connectivity index (χ1v) is 6.85. The highest BCUT2D eigenvalue weighted by Crippen LogP contribution is 2.26. The van der Waals surface area contributed by atoms with Gasteiger partial charge in [-0.1, -0.05) is 6.92 Å². The van der Waals surface area contributed by atoms with E-state index >= 15 is 0 Å². The topological polar surface area (TPSA) is 102 Å². The van der Waals surface area contributed by atoms with Crippen LogP contribution in [0.25, 0.3) is 0 Å². The fourth-order valence-corrected chi connectivity index (χ4v) is 2.09. The lowest BCUT2D eigenvalue weighted by molar-refractivity contribution is -0.165. The molecule has 0 N–H and O–H groups in total. The quantitative estimate of drug-likeness (QED) is 0.595. The summed E-state index contributed by atoms with van der Waals surface area (Å²) in [7, 11) is 2.55. The van der Waals surface area contributed by atoms with Gasteiger partial charge in [-0.25, -0.2) is 28.1 Å². The molecule has 2 heterocycles. The van der Waals surface area contributed by atoms with E-state index in [1.807, 2.05) is 6.92 Å². The first-order chi connectivity index (χ1) is 10.2. The lowest BCUT2D eigenvalue weighted by atomic mass is 9.90. The lowest BCUT2D eigenvalue weighted by Crippen LogP contribution is -2.52. The average Bonchev–Trinajstić information content (AvgIpc) is 2.47. The SMILES string of the molecule is Cn1c(=O)n(C)c(=O)n(CCC(=O)OCC2(C)COC2)c1=O. The third-order valence-electron chi connectivity index (χ3n) is 3.63. The Hall–Kier alpha value is -2.16. The highest BCUT2D eigenvalue weighted by molar-refractivity contribution is 5.69. The predicted octanol–water partition coefficient (Wildman–Crippen LogP) is -1.78. The number of carbonyl (C=O) groups excluding carboxylic acids is 1. The van der Waals surface area contributed by atoms with Crippen LogP contribution in [0.4, 0.5) is 0 Å². The molecule has 1 saturated heterocycles. The summed E-state index contributed by atoms with van der Waals surface area (Å²) in [4.78, 5) is 47.1. The molecule has 0 aromatic carbocycles. The molecule has 0 saturated carbocycles. The Morgan fingerprint density at radius 2 is 1.68 bits per heavy atom. The highest BCUT2D eigenvalue weighted by Gasteiger charge is 2.34. The second-order valence-corrected chi connectivity index (χ2v) is 5.83. The molecule has 2 rings (SSSR count). The molecule has 1 aromatic rings. The van der Waals surface area contributed by atoms with E-state index < -0.39 is 23.0 Å². The number of nitrogens with zero attached hydrogens (tertiary/aromatic N) is 3. The van der Waals surface area contributed by atoms with Crippen molar-refractivity contribution in [3.05, 3.63) is 31.5 Å². The Bertz CT molecular complexity index is 712. The molecule has 0 amide bonds. The van der Waals surface area contributed by atoms with E-state index in [0.717, 1.165) is 13.7 Å². The summed E-state index contributed by atoms with van der Waals surface area (Å²) < 4.78 is 12.7. The number of aromatic nitrogens is 3. The predicted molar refractivity (Wildman–Crippen MR) is 75.7 cm³/mol. The summed E-state index contributed by atoms with van der Waals surface area (Å²) in [6, 6.07) is 0. The van der Waals surface area contributed by atoms with Crippen LogP contribution < -0.4 is 17.1 Å². The molecule has 0 atom stereocenters. The molecule has 22 heavy (non-hydrogen) atoms. The van der Waals surface area contributed by atoms with Crippen LogP contribution in [0.3, 0.4) is 0 Å². The summed E-state index contributed by atoms with van der Waals surface area (Å²) in [6.07, 6.45) is -0.121. The van der Waals surface area contributed by atoms with Gasteiger partial charge in [0, 0.05) is 26.1 Å². The normalized spacial score (nSPS) is 16.1. The second kappa shape index (κ2) is 5.91. The number of hydrogen-bond acceptors (Lipinski definition) is 6. The molecule has 0 spiro atoms. The Kier molecular flexibility index (Phi) is 4.36. The van der Waals surface area contributed by atoms with E-state index in [2.05, 4.69) is 0 Å². The largest absolute Gasteiger partial charge is 0.465 e. The van der Waals surface area contributed by atoms with E-state index in [0.29, 0.717) is 13.2 Å². The molecule has 1 aliphatic heterocycles. The number of rotatable bonds is 5. The van der Waals surface area contributed by atoms with Gasteiger partial charge < -0.3 is 9.47 Å². The van der Waals surface area contributed by atoms with Crippen molar-refractivity contribution in [2.75, 3.05) is 19.8 Å². The second-order valence-electron chi connectivity index (χ2n) is 5.83. The van der Waals surface area contributed by atoms with Crippen molar-refractivity contribution in [2.24, 2.45) is 19.5 Å². The van der Waals surface area contributed by atoms with Crippen molar-refractivity contribution < 1.29 is 14.3 Å². The van der Waals surface area contributed by atoms with E-state index in [4.69, 9.17) is 9.47 Å². The third-order valence-corrected chi connectivity index (χ3v) is 3.63. The van der Waals surface area contributed by atoms with Crippen molar-refractivity contribution in [1.29, 1.82) is 0 Å². The van der Waals surface area contributed by atoms with Crippen molar-refractivity contribution in [2.45, 2.75) is 19.9 Å². The molecule has 0 bridgehead atoms. The Morgan fingerprint density at radius 1 is 1.14 bits per heavy atom. The van der Waals surface area contributed by atoms with Gasteiger partial charge in [-0.2, -0.15) is 0 Å². The van der Waals surface area contributed by atoms with Gasteiger partial charge in [0.15, 0.2) is 0 Å². The van der Waals surface area contributed by atoms with E-state index in [9.17, 15) is 19.2 Å². The zero-order chi connectivity index (χ0) is 16.5. The van der Waals surface area contributed by atoms with Crippen LogP contribution in [-0.4, -0.2) is 39.5 Å². The van der Waals surface area contributed by atoms with Gasteiger partial charge >= 0.3 is 23.0 Å². The van der Waals surface area contributed by atoms with Crippen molar-refractivity contribution in [3.8, 4) is 0 Å². The van der Waals surface area contributed by atoms with Crippen LogP contribution in [0.5, 0.6) is 0 Å². The van der Waals surface area contributed by atoms with Crippen molar-refractivity contribution in [3.63, 3.8) is 0 Å². The maximum Gasteiger partial charge on any atom is 0.336 e. The fourth-order valence-electron chi connectivity index (χ4n) is 2.09. The van der Waals surface area contributed by atoms with Crippen molar-refractivity contribution in [1.82, 2.24) is 13.7 Å². The average molecular weight is 313 g/mol. The van der Waals surface area contributed by atoms with Gasteiger partial charge in [-0.05, 0) is 0 Å². The van der Waals surface area contributed by atoms with Gasteiger partial charge in [-0.3, -0.25) is 4.79 Å². The monoisotopic (exact) mass is 313 g/mol. The summed E-state index contributed by atoms with van der Waals surface area (Å²) in [5.41, 5.74) is -2.36. The van der Waals surface area contributed by atoms with Crippen LogP contribution in [0.1, 0.15) is 13.3 Å². The smallest absolute Gasteiger partial charge is 0.336 e. The molecule has 0 aliphatic carbocycles. The van der Waals surface area contributed by atoms with Gasteiger partial charge in [0.05, 0.1) is 19.6 Å². The Morgan fingerprint density at radius 3 is 2.14 bits per heavy atom. The molecular weight excluding hydrogens is 294 g/mol. The third kappa shape index (κ3) is 3.03. The molecule has 9 heteroatoms. The first kappa shape index (κ1) is 16.2. The number of carbonyl (C=O) groups is 1. The Labute approximate surface area is 125 Å².